The van der Waals surface area contributed by atoms with Crippen molar-refractivity contribution in [3.05, 3.63) is 20.8 Å². The van der Waals surface area contributed by atoms with Gasteiger partial charge in [-0.15, -0.1) is 0 Å². The van der Waals surface area contributed by atoms with Crippen molar-refractivity contribution in [2.45, 2.75) is 20.8 Å². The van der Waals surface area contributed by atoms with Crippen LogP contribution in [0, 0.1) is 26.0 Å². The Bertz CT molecular complexity index is 207. The summed E-state index contributed by atoms with van der Waals surface area (Å²) in [5, 5.41) is 11.7. The van der Waals surface area contributed by atoms with Gasteiger partial charge in [-0.2, -0.15) is 4.73 Å². The molecule has 0 radical (unpaired) electrons. The van der Waals surface area contributed by atoms with Gasteiger partial charge in [0.2, 0.25) is 10.7 Å². The molecular weight excluding hydrogens is 134 g/mol. The summed E-state index contributed by atoms with van der Waals surface area (Å²) in [6.45, 7) is 5.63. The molecule has 0 unspecified atom stereocenters. The first-order valence-electron chi connectivity index (χ1n) is 2.79. The molecule has 0 bridgehead atoms. The molecule has 0 fully saturated rings. The van der Waals surface area contributed by atoms with Crippen molar-refractivity contribution in [1.29, 1.82) is 0 Å². The van der Waals surface area contributed by atoms with E-state index in [2.05, 4.69) is 0 Å². The molecule has 50 valence electrons. The molecule has 1 aromatic heterocycles. The molecule has 0 saturated heterocycles. The minimum absolute atomic E-state index is 0.824. The lowest BCUT2D eigenvalue weighted by Gasteiger charge is -1.92. The Morgan fingerprint density at radius 3 is 2.00 bits per heavy atom. The molecule has 0 amide bonds. The van der Waals surface area contributed by atoms with Gasteiger partial charge in [0.15, 0.2) is 0 Å². The number of hydrogen-bond acceptors (Lipinski definition) is 2. The maximum atomic E-state index is 10.9. The van der Waals surface area contributed by atoms with Crippen LogP contribution in [-0.4, -0.2) is 0 Å². The maximum absolute atomic E-state index is 10.9. The van der Waals surface area contributed by atoms with Crippen LogP contribution in [-0.2, 0) is 0 Å². The molecule has 0 aromatic carbocycles. The predicted molar refractivity (Wildman–Crippen MR) is 37.5 cm³/mol. The summed E-state index contributed by atoms with van der Waals surface area (Å²) in [5.74, 6) is 0. The van der Waals surface area contributed by atoms with Gasteiger partial charge in [-0.05, 0) is 6.92 Å². The van der Waals surface area contributed by atoms with Crippen molar-refractivity contribution in [3.63, 3.8) is 0 Å². The first kappa shape index (κ1) is 6.55. The quantitative estimate of drug-likeness (QED) is 0.397. The van der Waals surface area contributed by atoms with Crippen LogP contribution >= 0.6 is 11.3 Å². The van der Waals surface area contributed by atoms with Gasteiger partial charge in [-0.25, -0.2) is 0 Å². The minimum Gasteiger partial charge on any atom is -0.618 e. The normalized spacial score (nSPS) is 10.1. The third kappa shape index (κ3) is 0.920. The van der Waals surface area contributed by atoms with Crippen molar-refractivity contribution in [3.8, 4) is 0 Å². The van der Waals surface area contributed by atoms with Crippen LogP contribution in [0.15, 0.2) is 0 Å². The third-order valence-electron chi connectivity index (χ3n) is 1.40. The average molecular weight is 143 g/mol. The number of aryl methyl sites for hydroxylation is 2. The van der Waals surface area contributed by atoms with Gasteiger partial charge in [0, 0.05) is 13.8 Å². The second kappa shape index (κ2) is 1.99. The highest BCUT2D eigenvalue weighted by molar-refractivity contribution is 7.11. The zero-order chi connectivity index (χ0) is 7.02. The maximum Gasteiger partial charge on any atom is 0.245 e. The van der Waals surface area contributed by atoms with Crippen molar-refractivity contribution in [1.82, 2.24) is 0 Å². The van der Waals surface area contributed by atoms with Crippen molar-refractivity contribution >= 4 is 11.3 Å². The Morgan fingerprint density at radius 1 is 1.33 bits per heavy atom. The van der Waals surface area contributed by atoms with E-state index in [1.165, 1.54) is 0 Å². The van der Waals surface area contributed by atoms with Crippen LogP contribution in [0.5, 0.6) is 0 Å². The number of aromatic nitrogens is 1. The summed E-state index contributed by atoms with van der Waals surface area (Å²) in [5.41, 5.74) is 0.831. The van der Waals surface area contributed by atoms with E-state index >= 15 is 0 Å². The minimum atomic E-state index is 0.824. The Labute approximate surface area is 58.3 Å². The molecule has 0 aliphatic carbocycles. The summed E-state index contributed by atoms with van der Waals surface area (Å²) in [4.78, 5) is 1.11. The molecule has 1 rings (SSSR count). The number of thiazole rings is 1. The Kier molecular flexibility index (Phi) is 1.45. The molecule has 3 heteroatoms. The lowest BCUT2D eigenvalue weighted by Crippen LogP contribution is -2.29. The van der Waals surface area contributed by atoms with Crippen LogP contribution in [0.2, 0.25) is 0 Å². The van der Waals surface area contributed by atoms with Gasteiger partial charge in [-0.3, -0.25) is 0 Å². The first-order valence-corrected chi connectivity index (χ1v) is 3.60. The van der Waals surface area contributed by atoms with Crippen LogP contribution in [0.4, 0.5) is 0 Å². The Hall–Kier alpha value is -0.570. The van der Waals surface area contributed by atoms with Crippen molar-refractivity contribution < 1.29 is 4.73 Å². The van der Waals surface area contributed by atoms with E-state index in [1.807, 2.05) is 20.8 Å². The van der Waals surface area contributed by atoms with E-state index in [4.69, 9.17) is 0 Å². The highest BCUT2D eigenvalue weighted by Gasteiger charge is 2.09. The van der Waals surface area contributed by atoms with Crippen molar-refractivity contribution in [2.75, 3.05) is 0 Å². The van der Waals surface area contributed by atoms with Gasteiger partial charge >= 0.3 is 0 Å². The Morgan fingerprint density at radius 2 is 1.89 bits per heavy atom. The number of rotatable bonds is 0. The molecule has 2 nitrogen and oxygen atoms in total. The third-order valence-corrected chi connectivity index (χ3v) is 2.46. The summed E-state index contributed by atoms with van der Waals surface area (Å²) in [6.07, 6.45) is 0. The highest BCUT2D eigenvalue weighted by Crippen LogP contribution is 2.12. The zero-order valence-corrected chi connectivity index (χ0v) is 6.58. The molecule has 0 N–H and O–H groups in total. The van der Waals surface area contributed by atoms with E-state index in [-0.39, 0.29) is 0 Å². The van der Waals surface area contributed by atoms with Gasteiger partial charge in [0.05, 0.1) is 4.88 Å². The monoisotopic (exact) mass is 143 g/mol. The Balaban J connectivity index is 3.29. The zero-order valence-electron chi connectivity index (χ0n) is 5.76. The van der Waals surface area contributed by atoms with E-state index in [9.17, 15) is 5.21 Å². The van der Waals surface area contributed by atoms with E-state index in [0.717, 1.165) is 20.3 Å². The standard InChI is InChI=1S/C6H9NOS/c1-4-5(2)9-6(3)7(4)8/h1-3H3. The van der Waals surface area contributed by atoms with E-state index < -0.39 is 0 Å². The van der Waals surface area contributed by atoms with E-state index in [0.29, 0.717) is 0 Å². The summed E-state index contributed by atoms with van der Waals surface area (Å²) in [6, 6.07) is 0. The van der Waals surface area contributed by atoms with Crippen LogP contribution in [0.25, 0.3) is 0 Å². The van der Waals surface area contributed by atoms with Gasteiger partial charge in [-0.1, -0.05) is 11.3 Å². The fraction of sp³-hybridized carbons (Fsp3) is 0.500. The lowest BCUT2D eigenvalue weighted by molar-refractivity contribution is -0.613. The van der Waals surface area contributed by atoms with Crippen molar-refractivity contribution in [2.24, 2.45) is 0 Å². The molecule has 0 aliphatic rings. The summed E-state index contributed by atoms with van der Waals surface area (Å²) in [7, 11) is 0. The fourth-order valence-corrected chi connectivity index (χ4v) is 1.61. The number of nitrogens with zero attached hydrogens (tertiary/aromatic N) is 1. The lowest BCUT2D eigenvalue weighted by atomic mass is 10.4. The second-order valence-corrected chi connectivity index (χ2v) is 3.46. The molecule has 9 heavy (non-hydrogen) atoms. The van der Waals surface area contributed by atoms with Gasteiger partial charge in [0.25, 0.3) is 0 Å². The molecule has 0 aliphatic heterocycles. The molecule has 1 aromatic rings. The van der Waals surface area contributed by atoms with E-state index in [1.54, 1.807) is 11.3 Å². The van der Waals surface area contributed by atoms with Gasteiger partial charge in [0.1, 0.15) is 0 Å². The van der Waals surface area contributed by atoms with Gasteiger partial charge < -0.3 is 5.21 Å². The first-order chi connectivity index (χ1) is 4.13. The predicted octanol–water partition coefficient (Wildman–Crippen LogP) is 1.31. The topological polar surface area (TPSA) is 26.9 Å². The molecular formula is C6H9NOS. The number of hydrogen-bond donors (Lipinski definition) is 0. The molecule has 0 atom stereocenters. The largest absolute Gasteiger partial charge is 0.618 e. The SMILES string of the molecule is Cc1sc(C)[n+]([O-])c1C. The molecule has 0 saturated carbocycles. The summed E-state index contributed by atoms with van der Waals surface area (Å²) < 4.78 is 0.972. The molecule has 1 heterocycles. The van der Waals surface area contributed by atoms with Crippen LogP contribution in [0.1, 0.15) is 15.6 Å². The smallest absolute Gasteiger partial charge is 0.245 e. The second-order valence-electron chi connectivity index (χ2n) is 2.06. The van der Waals surface area contributed by atoms with Crippen LogP contribution in [0.3, 0.4) is 0 Å². The molecule has 0 spiro atoms. The fourth-order valence-electron chi connectivity index (χ4n) is 0.716. The summed E-state index contributed by atoms with van der Waals surface area (Å²) >= 11 is 1.55. The average Bonchev–Trinajstić information content (AvgIpc) is 1.98. The van der Waals surface area contributed by atoms with Crippen LogP contribution < -0.4 is 4.73 Å². The highest BCUT2D eigenvalue weighted by atomic mass is 32.1.